The van der Waals surface area contributed by atoms with Gasteiger partial charge in [-0.05, 0) is 0 Å². The minimum Gasteiger partial charge on any atom is -0.394 e. The van der Waals surface area contributed by atoms with Gasteiger partial charge in [-0.3, -0.25) is 4.79 Å². The first-order valence-corrected chi connectivity index (χ1v) is 7.07. The highest BCUT2D eigenvalue weighted by Crippen LogP contribution is 2.44. The number of thioether (sulfide) groups is 2. The summed E-state index contributed by atoms with van der Waals surface area (Å²) in [6.07, 6.45) is 3.03. The van der Waals surface area contributed by atoms with Gasteiger partial charge in [0, 0.05) is 5.75 Å². The van der Waals surface area contributed by atoms with Gasteiger partial charge in [-0.25, -0.2) is 9.97 Å². The van der Waals surface area contributed by atoms with Crippen molar-refractivity contribution in [1.82, 2.24) is 19.5 Å². The lowest BCUT2D eigenvalue weighted by Gasteiger charge is -2.10. The SMILES string of the molecule is O=c1[nH]cnc2c1ncn2[C@@H]1CS[C@@H](CO)S1. The maximum absolute atomic E-state index is 11.5. The second-order valence-electron chi connectivity index (χ2n) is 3.59. The van der Waals surface area contributed by atoms with E-state index in [9.17, 15) is 4.79 Å². The molecule has 0 aliphatic carbocycles. The molecule has 3 rings (SSSR count). The van der Waals surface area contributed by atoms with Gasteiger partial charge in [0.05, 0.1) is 29.2 Å². The van der Waals surface area contributed by atoms with Gasteiger partial charge in [0.25, 0.3) is 5.56 Å². The fourth-order valence-electron chi connectivity index (χ4n) is 1.76. The Balaban J connectivity index is 2.02. The molecular weight excluding hydrogens is 260 g/mol. The van der Waals surface area contributed by atoms with E-state index < -0.39 is 0 Å². The molecule has 1 saturated heterocycles. The normalized spacial score (nSPS) is 24.5. The molecule has 1 fully saturated rings. The number of aromatic amines is 1. The highest BCUT2D eigenvalue weighted by Gasteiger charge is 2.28. The zero-order valence-electron chi connectivity index (χ0n) is 8.74. The third-order valence-corrected chi connectivity index (χ3v) is 5.70. The third kappa shape index (κ3) is 1.85. The Kier molecular flexibility index (Phi) is 2.85. The molecule has 0 radical (unpaired) electrons. The minimum absolute atomic E-state index is 0.159. The van der Waals surface area contributed by atoms with Crippen molar-refractivity contribution in [3.05, 3.63) is 23.0 Å². The predicted molar refractivity (Wildman–Crippen MR) is 68.1 cm³/mol. The van der Waals surface area contributed by atoms with E-state index in [1.165, 1.54) is 6.33 Å². The smallest absolute Gasteiger partial charge is 0.278 e. The summed E-state index contributed by atoms with van der Waals surface area (Å²) in [6.45, 7) is 0.159. The Morgan fingerprint density at radius 2 is 2.47 bits per heavy atom. The monoisotopic (exact) mass is 270 g/mol. The Morgan fingerprint density at radius 3 is 3.24 bits per heavy atom. The molecule has 0 aromatic carbocycles. The molecule has 2 aromatic rings. The van der Waals surface area contributed by atoms with Gasteiger partial charge in [-0.15, -0.1) is 23.5 Å². The summed E-state index contributed by atoms with van der Waals surface area (Å²) in [4.78, 5) is 22.3. The average Bonchev–Trinajstić information content (AvgIpc) is 2.94. The fraction of sp³-hybridized carbons (Fsp3) is 0.444. The van der Waals surface area contributed by atoms with Gasteiger partial charge < -0.3 is 14.7 Å². The number of hydrogen-bond donors (Lipinski definition) is 2. The lowest BCUT2D eigenvalue weighted by Crippen LogP contribution is -2.09. The van der Waals surface area contributed by atoms with E-state index in [0.717, 1.165) is 5.75 Å². The topological polar surface area (TPSA) is 83.8 Å². The van der Waals surface area contributed by atoms with Crippen LogP contribution in [-0.4, -0.2) is 41.6 Å². The molecule has 1 aliphatic heterocycles. The van der Waals surface area contributed by atoms with Crippen LogP contribution in [0.5, 0.6) is 0 Å². The lowest BCUT2D eigenvalue weighted by molar-refractivity contribution is 0.316. The summed E-state index contributed by atoms with van der Waals surface area (Å²) in [5.41, 5.74) is 0.749. The third-order valence-electron chi connectivity index (χ3n) is 2.56. The van der Waals surface area contributed by atoms with Crippen LogP contribution in [0.4, 0.5) is 0 Å². The lowest BCUT2D eigenvalue weighted by atomic mass is 10.5. The Hall–Kier alpha value is -0.990. The summed E-state index contributed by atoms with van der Waals surface area (Å²) in [5, 5.41) is 9.28. The molecule has 3 heterocycles. The molecule has 2 atom stereocenters. The minimum atomic E-state index is -0.219. The first kappa shape index (κ1) is 11.1. The van der Waals surface area contributed by atoms with Crippen molar-refractivity contribution in [1.29, 1.82) is 0 Å². The van der Waals surface area contributed by atoms with E-state index in [1.807, 2.05) is 4.57 Å². The van der Waals surface area contributed by atoms with Crippen LogP contribution in [0.15, 0.2) is 17.4 Å². The molecule has 8 heteroatoms. The van der Waals surface area contributed by atoms with E-state index in [4.69, 9.17) is 5.11 Å². The molecule has 90 valence electrons. The number of aliphatic hydroxyl groups excluding tert-OH is 1. The summed E-state index contributed by atoms with van der Waals surface area (Å²) in [5.74, 6) is 0.885. The zero-order valence-corrected chi connectivity index (χ0v) is 10.4. The molecule has 0 spiro atoms. The number of aromatic nitrogens is 4. The van der Waals surface area contributed by atoms with Crippen LogP contribution < -0.4 is 5.56 Å². The molecule has 2 aromatic heterocycles. The first-order chi connectivity index (χ1) is 8.29. The number of nitrogens with zero attached hydrogens (tertiary/aromatic N) is 3. The summed E-state index contributed by atoms with van der Waals surface area (Å²) < 4.78 is 2.09. The number of H-pyrrole nitrogens is 1. The van der Waals surface area contributed by atoms with Crippen LogP contribution in [0, 0.1) is 0 Å². The van der Waals surface area contributed by atoms with Crippen molar-refractivity contribution in [2.24, 2.45) is 0 Å². The summed E-state index contributed by atoms with van der Waals surface area (Å²) in [6, 6.07) is 0. The number of hydrogen-bond acceptors (Lipinski definition) is 6. The number of rotatable bonds is 2. The second kappa shape index (κ2) is 4.35. The van der Waals surface area contributed by atoms with Crippen molar-refractivity contribution < 1.29 is 5.11 Å². The van der Waals surface area contributed by atoms with E-state index in [1.54, 1.807) is 29.9 Å². The van der Waals surface area contributed by atoms with Crippen molar-refractivity contribution in [2.75, 3.05) is 12.4 Å². The standard InChI is InChI=1S/C9H10N4O2S2/c14-1-6-16-2-5(17-6)13-4-12-7-8(13)10-3-11-9(7)15/h3-6,14H,1-2H2,(H,10,11,15)/t5-,6+/m0/s1. The zero-order chi connectivity index (χ0) is 11.8. The second-order valence-corrected chi connectivity index (χ2v) is 6.51. The Morgan fingerprint density at radius 1 is 1.59 bits per heavy atom. The van der Waals surface area contributed by atoms with Crippen LogP contribution in [0.25, 0.3) is 11.2 Å². The molecule has 1 aliphatic rings. The van der Waals surface area contributed by atoms with Gasteiger partial charge in [0.15, 0.2) is 11.2 Å². The molecule has 0 unspecified atom stereocenters. The first-order valence-electron chi connectivity index (χ1n) is 5.07. The molecule has 0 bridgehead atoms. The van der Waals surface area contributed by atoms with Crippen molar-refractivity contribution >= 4 is 34.7 Å². The maximum Gasteiger partial charge on any atom is 0.278 e. The molecule has 2 N–H and O–H groups in total. The Bertz CT molecular complexity index is 596. The maximum atomic E-state index is 11.5. The Labute approximate surface area is 105 Å². The van der Waals surface area contributed by atoms with Crippen LogP contribution in [-0.2, 0) is 0 Å². The van der Waals surface area contributed by atoms with Crippen LogP contribution in [0.1, 0.15) is 5.37 Å². The van der Waals surface area contributed by atoms with Crippen molar-refractivity contribution in [3.63, 3.8) is 0 Å². The van der Waals surface area contributed by atoms with Gasteiger partial charge >= 0.3 is 0 Å². The highest BCUT2D eigenvalue weighted by atomic mass is 32.2. The summed E-state index contributed by atoms with van der Waals surface area (Å²) in [7, 11) is 0. The van der Waals surface area contributed by atoms with Gasteiger partial charge in [-0.2, -0.15) is 0 Å². The van der Waals surface area contributed by atoms with Crippen LogP contribution in [0.3, 0.4) is 0 Å². The van der Waals surface area contributed by atoms with E-state index in [0.29, 0.717) is 11.2 Å². The van der Waals surface area contributed by atoms with E-state index >= 15 is 0 Å². The quantitative estimate of drug-likeness (QED) is 0.822. The molecule has 6 nitrogen and oxygen atoms in total. The average molecular weight is 270 g/mol. The van der Waals surface area contributed by atoms with Crippen LogP contribution >= 0.6 is 23.5 Å². The van der Waals surface area contributed by atoms with Gasteiger partial charge in [0.2, 0.25) is 0 Å². The van der Waals surface area contributed by atoms with E-state index in [2.05, 4.69) is 15.0 Å². The fourth-order valence-corrected chi connectivity index (χ4v) is 4.61. The molecular formula is C9H10N4O2S2. The summed E-state index contributed by atoms with van der Waals surface area (Å²) >= 11 is 3.38. The van der Waals surface area contributed by atoms with Crippen molar-refractivity contribution in [3.8, 4) is 0 Å². The number of nitrogens with one attached hydrogen (secondary N) is 1. The molecule has 0 saturated carbocycles. The number of aliphatic hydroxyl groups is 1. The van der Waals surface area contributed by atoms with Crippen molar-refractivity contribution in [2.45, 2.75) is 9.96 Å². The van der Waals surface area contributed by atoms with Gasteiger partial charge in [-0.1, -0.05) is 0 Å². The number of fused-ring (bicyclic) bond motifs is 1. The predicted octanol–water partition coefficient (Wildman–Crippen LogP) is 0.417. The molecule has 17 heavy (non-hydrogen) atoms. The van der Waals surface area contributed by atoms with Crippen LogP contribution in [0.2, 0.25) is 0 Å². The van der Waals surface area contributed by atoms with E-state index in [-0.39, 0.29) is 22.1 Å². The number of imidazole rings is 1. The largest absolute Gasteiger partial charge is 0.394 e. The highest BCUT2D eigenvalue weighted by molar-refractivity contribution is 8.20. The molecule has 0 amide bonds. The van der Waals surface area contributed by atoms with Gasteiger partial charge in [0.1, 0.15) is 0 Å².